The maximum absolute atomic E-state index is 13.8. The first kappa shape index (κ1) is 14.6. The maximum Gasteiger partial charge on any atom is 0.128 e. The Labute approximate surface area is 117 Å². The molecule has 2 aromatic rings. The van der Waals surface area contributed by atoms with Gasteiger partial charge in [-0.15, -0.1) is 0 Å². The fraction of sp³-hybridized carbons (Fsp3) is 0.250. The van der Waals surface area contributed by atoms with Crippen LogP contribution in [0.25, 0.3) is 0 Å². The molecule has 1 atom stereocenters. The lowest BCUT2D eigenvalue weighted by molar-refractivity contribution is 0.236. The van der Waals surface area contributed by atoms with Crippen LogP contribution < -0.4 is 5.73 Å². The van der Waals surface area contributed by atoms with Crippen LogP contribution >= 0.6 is 0 Å². The molecule has 0 aliphatic carbocycles. The van der Waals surface area contributed by atoms with E-state index in [-0.39, 0.29) is 17.7 Å². The molecule has 20 heavy (non-hydrogen) atoms. The number of nitrogens with two attached hydrogens (primary N) is 1. The fourth-order valence-electron chi connectivity index (χ4n) is 2.32. The van der Waals surface area contributed by atoms with Gasteiger partial charge in [-0.25, -0.2) is 8.78 Å². The lowest BCUT2D eigenvalue weighted by Gasteiger charge is -2.27. The van der Waals surface area contributed by atoms with Crippen LogP contribution in [0.1, 0.15) is 17.2 Å². The third-order valence-corrected chi connectivity index (χ3v) is 3.34. The molecule has 0 fully saturated rings. The Morgan fingerprint density at radius 2 is 1.85 bits per heavy atom. The molecule has 2 rings (SSSR count). The van der Waals surface area contributed by atoms with Gasteiger partial charge in [-0.2, -0.15) is 0 Å². The minimum atomic E-state index is -0.272. The molecule has 0 aliphatic heterocycles. The quantitative estimate of drug-likeness (QED) is 0.909. The van der Waals surface area contributed by atoms with Crippen molar-refractivity contribution >= 4 is 0 Å². The molecule has 0 saturated heterocycles. The van der Waals surface area contributed by atoms with Gasteiger partial charge in [0.1, 0.15) is 11.6 Å². The van der Waals surface area contributed by atoms with Crippen LogP contribution in [-0.2, 0) is 6.54 Å². The zero-order valence-electron chi connectivity index (χ0n) is 11.4. The fourth-order valence-corrected chi connectivity index (χ4v) is 2.32. The molecular formula is C16H18F2N2. The van der Waals surface area contributed by atoms with Gasteiger partial charge >= 0.3 is 0 Å². The van der Waals surface area contributed by atoms with E-state index >= 15 is 0 Å². The van der Waals surface area contributed by atoms with Crippen LogP contribution in [0.4, 0.5) is 8.78 Å². The van der Waals surface area contributed by atoms with Gasteiger partial charge in [0.15, 0.2) is 0 Å². The van der Waals surface area contributed by atoms with Crippen LogP contribution in [0.3, 0.4) is 0 Å². The summed E-state index contributed by atoms with van der Waals surface area (Å²) in [6.45, 7) is 0.806. The van der Waals surface area contributed by atoms with Crippen LogP contribution in [0.5, 0.6) is 0 Å². The molecule has 1 unspecified atom stereocenters. The molecule has 0 spiro atoms. The number of benzene rings is 2. The van der Waals surface area contributed by atoms with Crippen LogP contribution in [0, 0.1) is 11.6 Å². The van der Waals surface area contributed by atoms with E-state index in [1.54, 1.807) is 24.3 Å². The number of rotatable bonds is 5. The largest absolute Gasteiger partial charge is 0.329 e. The topological polar surface area (TPSA) is 29.3 Å². The summed E-state index contributed by atoms with van der Waals surface area (Å²) in [4.78, 5) is 1.92. The minimum Gasteiger partial charge on any atom is -0.329 e. The van der Waals surface area contributed by atoms with Crippen molar-refractivity contribution in [3.05, 3.63) is 71.3 Å². The molecule has 0 aliphatic rings. The van der Waals surface area contributed by atoms with E-state index in [0.29, 0.717) is 18.7 Å². The second-order valence-electron chi connectivity index (χ2n) is 4.82. The Bertz CT molecular complexity index is 572. The summed E-state index contributed by atoms with van der Waals surface area (Å²) in [7, 11) is 1.86. The van der Waals surface area contributed by atoms with Crippen molar-refractivity contribution in [1.29, 1.82) is 0 Å². The van der Waals surface area contributed by atoms with Gasteiger partial charge in [0, 0.05) is 24.7 Å². The average molecular weight is 276 g/mol. The predicted molar refractivity (Wildman–Crippen MR) is 76.1 cm³/mol. The molecule has 0 saturated carbocycles. The van der Waals surface area contributed by atoms with E-state index in [4.69, 9.17) is 5.73 Å². The predicted octanol–water partition coefficient (Wildman–Crippen LogP) is 3.10. The third kappa shape index (κ3) is 3.40. The standard InChI is InChI=1S/C16H18F2N2/c1-20(11-12-5-4-6-13(17)9-12)16(10-19)14-7-2-3-8-15(14)18/h2-9,16H,10-11,19H2,1H3. The molecule has 0 heterocycles. The number of hydrogen-bond acceptors (Lipinski definition) is 2. The van der Waals surface area contributed by atoms with Crippen LogP contribution in [0.15, 0.2) is 48.5 Å². The Balaban J connectivity index is 2.18. The zero-order chi connectivity index (χ0) is 14.5. The highest BCUT2D eigenvalue weighted by molar-refractivity contribution is 5.22. The first-order valence-corrected chi connectivity index (χ1v) is 6.51. The molecule has 4 heteroatoms. The highest BCUT2D eigenvalue weighted by Crippen LogP contribution is 2.22. The van der Waals surface area contributed by atoms with E-state index in [9.17, 15) is 8.78 Å². The summed E-state index contributed by atoms with van der Waals surface area (Å²) < 4.78 is 27.0. The smallest absolute Gasteiger partial charge is 0.128 e. The second kappa shape index (κ2) is 6.59. The summed E-state index contributed by atoms with van der Waals surface area (Å²) in [5, 5.41) is 0. The van der Waals surface area contributed by atoms with E-state index < -0.39 is 0 Å². The molecule has 0 amide bonds. The Kier molecular flexibility index (Phi) is 4.82. The van der Waals surface area contributed by atoms with Crippen molar-refractivity contribution in [3.8, 4) is 0 Å². The number of halogens is 2. The van der Waals surface area contributed by atoms with Crippen molar-refractivity contribution in [3.63, 3.8) is 0 Å². The third-order valence-electron chi connectivity index (χ3n) is 3.34. The highest BCUT2D eigenvalue weighted by Gasteiger charge is 2.18. The first-order valence-electron chi connectivity index (χ1n) is 6.51. The summed E-state index contributed by atoms with van der Waals surface area (Å²) in [5.41, 5.74) is 7.17. The lowest BCUT2D eigenvalue weighted by Crippen LogP contribution is -2.30. The van der Waals surface area contributed by atoms with E-state index in [1.165, 1.54) is 18.2 Å². The molecule has 0 radical (unpaired) electrons. The molecular weight excluding hydrogens is 258 g/mol. The van der Waals surface area contributed by atoms with Crippen molar-refractivity contribution < 1.29 is 8.78 Å². The highest BCUT2D eigenvalue weighted by atomic mass is 19.1. The number of hydrogen-bond donors (Lipinski definition) is 1. The van der Waals surface area contributed by atoms with Crippen molar-refractivity contribution in [2.45, 2.75) is 12.6 Å². The molecule has 106 valence electrons. The Morgan fingerprint density at radius 3 is 2.50 bits per heavy atom. The van der Waals surface area contributed by atoms with Crippen LogP contribution in [-0.4, -0.2) is 18.5 Å². The van der Waals surface area contributed by atoms with Crippen molar-refractivity contribution in [2.75, 3.05) is 13.6 Å². The van der Waals surface area contributed by atoms with Gasteiger partial charge in [0.2, 0.25) is 0 Å². The Morgan fingerprint density at radius 1 is 1.10 bits per heavy atom. The summed E-state index contributed by atoms with van der Waals surface area (Å²) in [5.74, 6) is -0.542. The van der Waals surface area contributed by atoms with Crippen molar-refractivity contribution in [1.82, 2.24) is 4.90 Å². The summed E-state index contributed by atoms with van der Waals surface area (Å²) in [6, 6.07) is 12.7. The van der Waals surface area contributed by atoms with Gasteiger partial charge in [0.25, 0.3) is 0 Å². The molecule has 2 N–H and O–H groups in total. The summed E-state index contributed by atoms with van der Waals surface area (Å²) >= 11 is 0. The zero-order valence-corrected chi connectivity index (χ0v) is 11.4. The number of likely N-dealkylation sites (N-methyl/N-ethyl adjacent to an activating group) is 1. The van der Waals surface area contributed by atoms with E-state index in [2.05, 4.69) is 0 Å². The minimum absolute atomic E-state index is 0.237. The van der Waals surface area contributed by atoms with E-state index in [1.807, 2.05) is 18.0 Å². The van der Waals surface area contributed by atoms with Gasteiger partial charge in [-0.1, -0.05) is 30.3 Å². The first-order chi connectivity index (χ1) is 9.61. The monoisotopic (exact) mass is 276 g/mol. The second-order valence-corrected chi connectivity index (χ2v) is 4.82. The lowest BCUT2D eigenvalue weighted by atomic mass is 10.0. The average Bonchev–Trinajstić information content (AvgIpc) is 2.41. The SMILES string of the molecule is CN(Cc1cccc(F)c1)C(CN)c1ccccc1F. The Hall–Kier alpha value is -1.78. The normalized spacial score (nSPS) is 12.7. The summed E-state index contributed by atoms with van der Waals surface area (Å²) in [6.07, 6.45) is 0. The number of nitrogens with zero attached hydrogens (tertiary/aromatic N) is 1. The van der Waals surface area contributed by atoms with Gasteiger partial charge < -0.3 is 5.73 Å². The van der Waals surface area contributed by atoms with Gasteiger partial charge in [-0.05, 0) is 30.8 Å². The van der Waals surface area contributed by atoms with Crippen LogP contribution in [0.2, 0.25) is 0 Å². The van der Waals surface area contributed by atoms with Gasteiger partial charge in [0.05, 0.1) is 0 Å². The molecule has 2 aromatic carbocycles. The van der Waals surface area contributed by atoms with Crippen molar-refractivity contribution in [2.24, 2.45) is 5.73 Å². The van der Waals surface area contributed by atoms with E-state index in [0.717, 1.165) is 5.56 Å². The molecule has 2 nitrogen and oxygen atoms in total. The molecule has 0 aromatic heterocycles. The van der Waals surface area contributed by atoms with Gasteiger partial charge in [-0.3, -0.25) is 4.90 Å². The maximum atomic E-state index is 13.8. The molecule has 0 bridgehead atoms.